The second-order valence-electron chi connectivity index (χ2n) is 5.14. The third-order valence-electron chi connectivity index (χ3n) is 3.52. The van der Waals surface area contributed by atoms with Gasteiger partial charge in [0.25, 0.3) is 0 Å². The molecule has 0 aromatic heterocycles. The van der Waals surface area contributed by atoms with E-state index in [1.165, 1.54) is 57.0 Å². The molecule has 2 heteroatoms. The molecule has 104 valence electrons. The van der Waals surface area contributed by atoms with Crippen LogP contribution in [0.2, 0.25) is 0 Å². The van der Waals surface area contributed by atoms with Crippen LogP contribution in [0.25, 0.3) is 0 Å². The van der Waals surface area contributed by atoms with Crippen LogP contribution in [-0.2, 0) is 0 Å². The largest absolute Gasteiger partial charge is 0.396 e. The van der Waals surface area contributed by atoms with Crippen molar-refractivity contribution in [1.82, 2.24) is 0 Å². The van der Waals surface area contributed by atoms with E-state index in [1.54, 1.807) is 0 Å². The third-order valence-corrected chi connectivity index (χ3v) is 8.17. The highest BCUT2D eigenvalue weighted by molar-refractivity contribution is 7.74. The molecule has 0 saturated heterocycles. The summed E-state index contributed by atoms with van der Waals surface area (Å²) in [5, 5.41) is 9.09. The number of rotatable bonds is 11. The van der Waals surface area contributed by atoms with Gasteiger partial charge in [0.1, 0.15) is 0 Å². The van der Waals surface area contributed by atoms with Crippen molar-refractivity contribution in [2.75, 3.05) is 25.1 Å². The number of aliphatic hydroxyl groups excluding tert-OH is 1. The zero-order chi connectivity index (χ0) is 13.0. The molecule has 17 heavy (non-hydrogen) atoms. The highest BCUT2D eigenvalue weighted by atomic mass is 31.2. The molecule has 0 spiro atoms. The van der Waals surface area contributed by atoms with Gasteiger partial charge < -0.3 is 5.11 Å². The van der Waals surface area contributed by atoms with Gasteiger partial charge in [-0.05, 0) is 44.2 Å². The van der Waals surface area contributed by atoms with E-state index in [4.69, 9.17) is 5.11 Å². The molecule has 0 unspecified atom stereocenters. The normalized spacial score (nSPS) is 11.8. The average molecular weight is 260 g/mol. The van der Waals surface area contributed by atoms with Crippen molar-refractivity contribution >= 4 is 12.7 Å². The first-order valence-corrected chi connectivity index (χ1v) is 9.97. The zero-order valence-electron chi connectivity index (χ0n) is 12.2. The van der Waals surface area contributed by atoms with E-state index < -0.39 is 6.89 Å². The summed E-state index contributed by atoms with van der Waals surface area (Å²) in [6.07, 6.45) is 13.3. The lowest BCUT2D eigenvalue weighted by Gasteiger charge is -2.27. The first-order valence-electron chi connectivity index (χ1n) is 7.55. The van der Waals surface area contributed by atoms with E-state index in [2.05, 4.69) is 26.6 Å². The molecule has 0 radical (unpaired) electrons. The van der Waals surface area contributed by atoms with Gasteiger partial charge in [-0.2, -0.15) is 0 Å². The molecule has 0 aliphatic rings. The Morgan fingerprint density at radius 3 is 1.53 bits per heavy atom. The molecule has 0 aromatic rings. The monoisotopic (exact) mass is 260 g/mol. The number of hydrogen-bond acceptors (Lipinski definition) is 1. The molecule has 0 heterocycles. The molecule has 0 aliphatic heterocycles. The Bertz CT molecular complexity index is 182. The maximum absolute atomic E-state index is 9.09. The van der Waals surface area contributed by atoms with Crippen molar-refractivity contribution < 1.29 is 5.11 Å². The number of aliphatic hydroxyl groups is 1. The van der Waals surface area contributed by atoms with Crippen LogP contribution in [0.4, 0.5) is 0 Å². The SMILES string of the molecule is CCCCP(=CCCO)(CCCC)CCCC. The summed E-state index contributed by atoms with van der Waals surface area (Å²) in [6, 6.07) is 0. The Balaban J connectivity index is 4.64. The number of unbranched alkanes of at least 4 members (excludes halogenated alkanes) is 3. The second kappa shape index (κ2) is 11.4. The fourth-order valence-electron chi connectivity index (χ4n) is 2.36. The summed E-state index contributed by atoms with van der Waals surface area (Å²) in [5.74, 6) is 2.55. The smallest absolute Gasteiger partial charge is 0.0465 e. The van der Waals surface area contributed by atoms with Gasteiger partial charge in [0, 0.05) is 6.61 Å². The Morgan fingerprint density at radius 2 is 1.24 bits per heavy atom. The Labute approximate surface area is 109 Å². The summed E-state index contributed by atoms with van der Waals surface area (Å²) >= 11 is 0. The fourth-order valence-corrected chi connectivity index (χ4v) is 7.08. The maximum atomic E-state index is 9.09. The third kappa shape index (κ3) is 8.06. The van der Waals surface area contributed by atoms with Gasteiger partial charge in [-0.25, -0.2) is 0 Å². The summed E-state index contributed by atoms with van der Waals surface area (Å²) < 4.78 is 0. The zero-order valence-corrected chi connectivity index (χ0v) is 13.1. The van der Waals surface area contributed by atoms with E-state index in [9.17, 15) is 0 Å². The Kier molecular flexibility index (Phi) is 11.5. The summed E-state index contributed by atoms with van der Waals surface area (Å²) in [4.78, 5) is 0. The van der Waals surface area contributed by atoms with Crippen molar-refractivity contribution in [2.24, 2.45) is 0 Å². The molecule has 1 nitrogen and oxygen atoms in total. The lowest BCUT2D eigenvalue weighted by molar-refractivity contribution is 0.308. The first-order chi connectivity index (χ1) is 8.24. The van der Waals surface area contributed by atoms with Gasteiger partial charge >= 0.3 is 0 Å². The van der Waals surface area contributed by atoms with Gasteiger partial charge in [0.05, 0.1) is 0 Å². The molecule has 1 N–H and O–H groups in total. The summed E-state index contributed by atoms with van der Waals surface area (Å²) in [6.45, 7) is 6.37. The van der Waals surface area contributed by atoms with Crippen molar-refractivity contribution in [3.63, 3.8) is 0 Å². The predicted molar refractivity (Wildman–Crippen MR) is 84.0 cm³/mol. The molecular weight excluding hydrogens is 227 g/mol. The molecule has 0 fully saturated rings. The van der Waals surface area contributed by atoms with E-state index in [0.717, 1.165) is 6.42 Å². The topological polar surface area (TPSA) is 20.2 Å². The van der Waals surface area contributed by atoms with Gasteiger partial charge in [-0.1, -0.05) is 45.8 Å². The van der Waals surface area contributed by atoms with E-state index in [0.29, 0.717) is 6.61 Å². The lowest BCUT2D eigenvalue weighted by Crippen LogP contribution is -2.05. The van der Waals surface area contributed by atoms with Gasteiger partial charge in [-0.15, -0.1) is 6.89 Å². The minimum atomic E-state index is -0.847. The molecular formula is C15H33OP. The van der Waals surface area contributed by atoms with Crippen LogP contribution in [0, 0.1) is 0 Å². The van der Waals surface area contributed by atoms with E-state index in [1.807, 2.05) is 0 Å². The molecule has 0 atom stereocenters. The quantitative estimate of drug-likeness (QED) is 0.539. The van der Waals surface area contributed by atoms with Crippen molar-refractivity contribution in [2.45, 2.75) is 65.7 Å². The minimum Gasteiger partial charge on any atom is -0.396 e. The second-order valence-corrected chi connectivity index (χ2v) is 9.29. The van der Waals surface area contributed by atoms with Crippen molar-refractivity contribution in [3.8, 4) is 0 Å². The van der Waals surface area contributed by atoms with Gasteiger partial charge in [-0.3, -0.25) is 0 Å². The van der Waals surface area contributed by atoms with Gasteiger partial charge in [0.15, 0.2) is 0 Å². The van der Waals surface area contributed by atoms with Crippen molar-refractivity contribution in [3.05, 3.63) is 0 Å². The van der Waals surface area contributed by atoms with E-state index >= 15 is 0 Å². The highest BCUT2D eigenvalue weighted by Gasteiger charge is 2.15. The Morgan fingerprint density at radius 1 is 0.824 bits per heavy atom. The van der Waals surface area contributed by atoms with Crippen LogP contribution in [0.15, 0.2) is 0 Å². The molecule has 0 bridgehead atoms. The summed E-state index contributed by atoms with van der Waals surface area (Å²) in [7, 11) is 0. The van der Waals surface area contributed by atoms with Crippen LogP contribution in [0.1, 0.15) is 65.7 Å². The average Bonchev–Trinajstić information content (AvgIpc) is 2.37. The standard InChI is InChI=1S/C15H33OP/c1-4-7-12-17(13-8-5-2,14-9-6-3)15-10-11-16/h15-16H,4-14H2,1-3H3. The first kappa shape index (κ1) is 17.3. The molecule has 0 amide bonds. The summed E-state index contributed by atoms with van der Waals surface area (Å²) in [5.41, 5.74) is 0. The van der Waals surface area contributed by atoms with Crippen molar-refractivity contribution in [1.29, 1.82) is 0 Å². The van der Waals surface area contributed by atoms with Crippen LogP contribution < -0.4 is 0 Å². The fraction of sp³-hybridized carbons (Fsp3) is 0.933. The molecule has 0 saturated carbocycles. The van der Waals surface area contributed by atoms with E-state index in [-0.39, 0.29) is 0 Å². The lowest BCUT2D eigenvalue weighted by atomic mass is 10.4. The Hall–Kier alpha value is 0.260. The van der Waals surface area contributed by atoms with Crippen LogP contribution in [0.3, 0.4) is 0 Å². The number of hydrogen-bond donors (Lipinski definition) is 1. The highest BCUT2D eigenvalue weighted by Crippen LogP contribution is 2.49. The van der Waals surface area contributed by atoms with Crippen LogP contribution in [0.5, 0.6) is 0 Å². The van der Waals surface area contributed by atoms with Crippen LogP contribution >= 0.6 is 6.89 Å². The van der Waals surface area contributed by atoms with Gasteiger partial charge in [0.2, 0.25) is 0 Å². The van der Waals surface area contributed by atoms with Crippen LogP contribution in [-0.4, -0.2) is 36.0 Å². The maximum Gasteiger partial charge on any atom is 0.0465 e. The minimum absolute atomic E-state index is 0.339. The predicted octanol–water partition coefficient (Wildman–Crippen LogP) is 4.59. The molecule has 0 aromatic carbocycles. The molecule has 0 rings (SSSR count). The molecule has 0 aliphatic carbocycles.